The maximum absolute atomic E-state index is 12.9. The Morgan fingerprint density at radius 2 is 1.68 bits per heavy atom. The summed E-state index contributed by atoms with van der Waals surface area (Å²) in [4.78, 5) is 12.4. The molecule has 0 spiro atoms. The number of benzene rings is 1. The monoisotopic (exact) mass is 300 g/mol. The van der Waals surface area contributed by atoms with E-state index in [1.54, 1.807) is 0 Å². The number of nitrogens with zero attached hydrogens (tertiary/aromatic N) is 4. The normalized spacial score (nSPS) is 14.9. The van der Waals surface area contributed by atoms with Gasteiger partial charge in [-0.2, -0.15) is 0 Å². The molecule has 0 unspecified atom stereocenters. The van der Waals surface area contributed by atoms with Crippen LogP contribution in [0.3, 0.4) is 0 Å². The molecule has 1 aromatic carbocycles. The quantitative estimate of drug-likeness (QED) is 0.867. The molecule has 1 aliphatic heterocycles. The third kappa shape index (κ3) is 3.53. The Labute approximate surface area is 130 Å². The Kier molecular flexibility index (Phi) is 4.51. The topological polar surface area (TPSA) is 32.3 Å². The molecule has 0 N–H and O–H groups in total. The SMILES string of the molecule is CN(Cc1ccc(N2CCCCC2)cc1)c1ncc(F)cn1. The standard InChI is InChI=1S/C17H21FN4/c1-21(17-19-11-15(18)12-20-17)13-14-5-7-16(8-6-14)22-9-3-2-4-10-22/h5-8,11-12H,2-4,9-10,13H2,1H3. The van der Waals surface area contributed by atoms with Crippen LogP contribution < -0.4 is 9.80 Å². The van der Waals surface area contributed by atoms with E-state index in [0.29, 0.717) is 12.5 Å². The van der Waals surface area contributed by atoms with Crippen LogP contribution in [0.4, 0.5) is 16.0 Å². The predicted octanol–water partition coefficient (Wildman–Crippen LogP) is 3.24. The molecule has 4 nitrogen and oxygen atoms in total. The van der Waals surface area contributed by atoms with Crippen molar-refractivity contribution in [2.75, 3.05) is 29.9 Å². The number of hydrogen-bond acceptors (Lipinski definition) is 4. The van der Waals surface area contributed by atoms with Crippen LogP contribution in [-0.4, -0.2) is 30.1 Å². The average Bonchev–Trinajstić information content (AvgIpc) is 2.57. The molecule has 22 heavy (non-hydrogen) atoms. The first-order chi connectivity index (χ1) is 10.7. The molecular weight excluding hydrogens is 279 g/mol. The zero-order valence-electron chi connectivity index (χ0n) is 12.9. The first-order valence-corrected chi connectivity index (χ1v) is 7.75. The first-order valence-electron chi connectivity index (χ1n) is 7.75. The number of halogens is 1. The fraction of sp³-hybridized carbons (Fsp3) is 0.412. The summed E-state index contributed by atoms with van der Waals surface area (Å²) in [6.45, 7) is 3.01. The van der Waals surface area contributed by atoms with Crippen LogP contribution in [0.15, 0.2) is 36.7 Å². The summed E-state index contributed by atoms with van der Waals surface area (Å²) in [7, 11) is 1.91. The molecular formula is C17H21FN4. The number of piperidine rings is 1. The molecule has 0 atom stereocenters. The van der Waals surface area contributed by atoms with Gasteiger partial charge >= 0.3 is 0 Å². The Bertz CT molecular complexity index is 591. The van der Waals surface area contributed by atoms with Crippen molar-refractivity contribution in [3.05, 3.63) is 48.0 Å². The van der Waals surface area contributed by atoms with Gasteiger partial charge in [0.15, 0.2) is 5.82 Å². The minimum atomic E-state index is -0.414. The van der Waals surface area contributed by atoms with E-state index >= 15 is 0 Å². The van der Waals surface area contributed by atoms with Crippen LogP contribution in [0, 0.1) is 5.82 Å². The molecule has 0 aliphatic carbocycles. The Morgan fingerprint density at radius 3 is 2.32 bits per heavy atom. The lowest BCUT2D eigenvalue weighted by Gasteiger charge is -2.29. The molecule has 3 rings (SSSR count). The smallest absolute Gasteiger partial charge is 0.225 e. The summed E-state index contributed by atoms with van der Waals surface area (Å²) >= 11 is 0. The van der Waals surface area contributed by atoms with Gasteiger partial charge in [-0.3, -0.25) is 0 Å². The molecule has 1 fully saturated rings. The van der Waals surface area contributed by atoms with Crippen LogP contribution in [0.5, 0.6) is 0 Å². The lowest BCUT2D eigenvalue weighted by Crippen LogP contribution is -2.29. The molecule has 1 aliphatic rings. The van der Waals surface area contributed by atoms with Crippen LogP contribution >= 0.6 is 0 Å². The third-order valence-electron chi connectivity index (χ3n) is 4.03. The maximum Gasteiger partial charge on any atom is 0.225 e. The van der Waals surface area contributed by atoms with Gasteiger partial charge in [0.05, 0.1) is 12.4 Å². The summed E-state index contributed by atoms with van der Waals surface area (Å²) in [5.74, 6) is 0.115. The van der Waals surface area contributed by atoms with Crippen LogP contribution in [0.25, 0.3) is 0 Å². The molecule has 1 aromatic heterocycles. The van der Waals surface area contributed by atoms with E-state index in [0.717, 1.165) is 13.1 Å². The second kappa shape index (κ2) is 6.73. The molecule has 2 heterocycles. The fourth-order valence-corrected chi connectivity index (χ4v) is 2.81. The highest BCUT2D eigenvalue weighted by atomic mass is 19.1. The van der Waals surface area contributed by atoms with E-state index in [2.05, 4.69) is 39.1 Å². The van der Waals surface area contributed by atoms with Crippen LogP contribution in [0.1, 0.15) is 24.8 Å². The second-order valence-electron chi connectivity index (χ2n) is 5.77. The van der Waals surface area contributed by atoms with Gasteiger partial charge in [-0.05, 0) is 37.0 Å². The minimum absolute atomic E-state index is 0.414. The van der Waals surface area contributed by atoms with E-state index in [-0.39, 0.29) is 0 Å². The van der Waals surface area contributed by atoms with E-state index in [9.17, 15) is 4.39 Å². The highest BCUT2D eigenvalue weighted by molar-refractivity contribution is 5.48. The molecule has 5 heteroatoms. The highest BCUT2D eigenvalue weighted by Crippen LogP contribution is 2.21. The Hall–Kier alpha value is -2.17. The summed E-state index contributed by atoms with van der Waals surface area (Å²) < 4.78 is 12.9. The van der Waals surface area contributed by atoms with Crippen LogP contribution in [0.2, 0.25) is 0 Å². The number of aromatic nitrogens is 2. The first kappa shape index (κ1) is 14.8. The van der Waals surface area contributed by atoms with Gasteiger partial charge in [0.1, 0.15) is 0 Å². The second-order valence-corrected chi connectivity index (χ2v) is 5.77. The molecule has 0 bridgehead atoms. The van der Waals surface area contributed by atoms with Gasteiger partial charge in [-0.1, -0.05) is 12.1 Å². The van der Waals surface area contributed by atoms with E-state index in [4.69, 9.17) is 0 Å². The molecule has 1 saturated heterocycles. The largest absolute Gasteiger partial charge is 0.372 e. The van der Waals surface area contributed by atoms with Crippen molar-refractivity contribution in [1.29, 1.82) is 0 Å². The summed E-state index contributed by atoms with van der Waals surface area (Å²) in [5.41, 5.74) is 2.49. The van der Waals surface area contributed by atoms with Gasteiger partial charge in [0, 0.05) is 32.4 Å². The molecule has 2 aromatic rings. The van der Waals surface area contributed by atoms with Crippen molar-refractivity contribution in [2.45, 2.75) is 25.8 Å². The third-order valence-corrected chi connectivity index (χ3v) is 4.03. The molecule has 0 saturated carbocycles. The van der Waals surface area contributed by atoms with Gasteiger partial charge in [-0.25, -0.2) is 14.4 Å². The predicted molar refractivity (Wildman–Crippen MR) is 86.6 cm³/mol. The summed E-state index contributed by atoms with van der Waals surface area (Å²) in [6, 6.07) is 8.65. The van der Waals surface area contributed by atoms with Gasteiger partial charge in [-0.15, -0.1) is 0 Å². The van der Waals surface area contributed by atoms with Crippen molar-refractivity contribution in [2.24, 2.45) is 0 Å². The van der Waals surface area contributed by atoms with Gasteiger partial charge in [0.2, 0.25) is 5.95 Å². The van der Waals surface area contributed by atoms with Gasteiger partial charge < -0.3 is 9.80 Å². The zero-order chi connectivity index (χ0) is 15.4. The number of anilines is 2. The van der Waals surface area contributed by atoms with Crippen molar-refractivity contribution < 1.29 is 4.39 Å². The zero-order valence-corrected chi connectivity index (χ0v) is 12.9. The minimum Gasteiger partial charge on any atom is -0.372 e. The van der Waals surface area contributed by atoms with Crippen molar-refractivity contribution in [3.63, 3.8) is 0 Å². The summed E-state index contributed by atoms with van der Waals surface area (Å²) in [6.07, 6.45) is 6.30. The number of hydrogen-bond donors (Lipinski definition) is 0. The molecule has 0 amide bonds. The Balaban J connectivity index is 1.64. The van der Waals surface area contributed by atoms with Crippen molar-refractivity contribution in [3.8, 4) is 0 Å². The van der Waals surface area contributed by atoms with Crippen LogP contribution in [-0.2, 0) is 6.54 Å². The van der Waals surface area contributed by atoms with E-state index in [1.807, 2.05) is 11.9 Å². The Morgan fingerprint density at radius 1 is 1.05 bits per heavy atom. The molecule has 0 radical (unpaired) electrons. The molecule has 116 valence electrons. The van der Waals surface area contributed by atoms with E-state index in [1.165, 1.54) is 42.9 Å². The highest BCUT2D eigenvalue weighted by Gasteiger charge is 2.11. The van der Waals surface area contributed by atoms with Gasteiger partial charge in [0.25, 0.3) is 0 Å². The summed E-state index contributed by atoms with van der Waals surface area (Å²) in [5, 5.41) is 0. The van der Waals surface area contributed by atoms with Crippen molar-refractivity contribution in [1.82, 2.24) is 9.97 Å². The van der Waals surface area contributed by atoms with E-state index < -0.39 is 5.82 Å². The van der Waals surface area contributed by atoms with Crippen molar-refractivity contribution >= 4 is 11.6 Å². The average molecular weight is 300 g/mol. The number of rotatable bonds is 4. The lowest BCUT2D eigenvalue weighted by molar-refractivity contribution is 0.578. The maximum atomic E-state index is 12.9. The lowest BCUT2D eigenvalue weighted by atomic mass is 10.1. The fourth-order valence-electron chi connectivity index (χ4n) is 2.81.